The smallest absolute Gasteiger partial charge is 0.305 e. The van der Waals surface area contributed by atoms with Crippen LogP contribution < -0.4 is 16.0 Å². The second-order valence-corrected chi connectivity index (χ2v) is 11.6. The molecule has 2 aromatic rings. The molecule has 2 amide bonds. The number of H-pyrrole nitrogens is 2. The highest BCUT2D eigenvalue weighted by atomic mass is 16.5. The lowest BCUT2D eigenvalue weighted by Gasteiger charge is -2.12. The van der Waals surface area contributed by atoms with Crippen LogP contribution in [-0.4, -0.2) is 59.7 Å². The number of ether oxygens (including phenoxy) is 2. The predicted molar refractivity (Wildman–Crippen MR) is 173 cm³/mol. The molecule has 0 fully saturated rings. The van der Waals surface area contributed by atoms with Crippen molar-refractivity contribution < 1.29 is 28.7 Å². The van der Waals surface area contributed by atoms with Crippen LogP contribution in [0, 0.1) is 13.8 Å². The number of nitrogens with one attached hydrogen (secondary N) is 3. The first-order chi connectivity index (χ1) is 21.4. The number of methoxy groups -OCH3 is 2. The summed E-state index contributed by atoms with van der Waals surface area (Å²) < 4.78 is 9.85. The van der Waals surface area contributed by atoms with E-state index in [0.717, 1.165) is 61.1 Å². The molecule has 2 aliphatic rings. The molecule has 1 atom stereocenters. The van der Waals surface area contributed by atoms with Gasteiger partial charge in [-0.2, -0.15) is 0 Å². The topological polar surface area (TPSA) is 143 Å². The van der Waals surface area contributed by atoms with Crippen molar-refractivity contribution in [1.82, 2.24) is 15.3 Å². The third-order valence-corrected chi connectivity index (χ3v) is 9.16. The van der Waals surface area contributed by atoms with E-state index in [1.165, 1.54) is 14.2 Å². The van der Waals surface area contributed by atoms with E-state index in [9.17, 15) is 19.2 Å². The zero-order valence-electron chi connectivity index (χ0n) is 27.6. The van der Waals surface area contributed by atoms with E-state index in [-0.39, 0.29) is 42.6 Å². The molecule has 0 radical (unpaired) electrons. The number of aromatic amines is 2. The molecule has 240 valence electrons. The minimum absolute atomic E-state index is 0.0208. The maximum Gasteiger partial charge on any atom is 0.305 e. The van der Waals surface area contributed by atoms with Gasteiger partial charge in [-0.3, -0.25) is 19.2 Å². The molecule has 10 heteroatoms. The summed E-state index contributed by atoms with van der Waals surface area (Å²) in [7, 11) is 2.75. The van der Waals surface area contributed by atoms with E-state index in [1.807, 2.05) is 53.7 Å². The van der Waals surface area contributed by atoms with E-state index in [2.05, 4.69) is 20.3 Å². The van der Waals surface area contributed by atoms with E-state index >= 15 is 0 Å². The summed E-state index contributed by atoms with van der Waals surface area (Å²) in [5, 5.41) is 4.71. The Morgan fingerprint density at radius 1 is 0.822 bits per heavy atom. The second-order valence-electron chi connectivity index (χ2n) is 11.6. The number of carbonyl (C=O) groups excluding carboxylic acids is 4. The van der Waals surface area contributed by atoms with Gasteiger partial charge in [-0.05, 0) is 98.9 Å². The number of nitrogens with zero attached hydrogens (tertiary/aromatic N) is 1. The quantitative estimate of drug-likeness (QED) is 0.313. The average Bonchev–Trinajstić information content (AvgIpc) is 3.66. The lowest BCUT2D eigenvalue weighted by molar-refractivity contribution is -0.141. The molecule has 0 saturated carbocycles. The van der Waals surface area contributed by atoms with Crippen LogP contribution >= 0.6 is 0 Å². The summed E-state index contributed by atoms with van der Waals surface area (Å²) in [6, 6.07) is -0.116. The van der Waals surface area contributed by atoms with Crippen LogP contribution in [0.1, 0.15) is 87.0 Å². The maximum absolute atomic E-state index is 12.5. The molecular formula is C35H44N4O6. The highest BCUT2D eigenvalue weighted by Gasteiger charge is 2.29. The Balaban J connectivity index is 1.85. The van der Waals surface area contributed by atoms with Gasteiger partial charge < -0.3 is 24.8 Å². The van der Waals surface area contributed by atoms with Crippen molar-refractivity contribution in [2.45, 2.75) is 92.5 Å². The van der Waals surface area contributed by atoms with Crippen molar-refractivity contribution >= 4 is 41.6 Å². The molecule has 3 N–H and O–H groups in total. The van der Waals surface area contributed by atoms with Crippen LogP contribution in [-0.2, 0) is 47.9 Å². The molecule has 2 aliphatic heterocycles. The van der Waals surface area contributed by atoms with Crippen molar-refractivity contribution in [2.24, 2.45) is 4.99 Å². The Kier molecular flexibility index (Phi) is 10.5. The highest BCUT2D eigenvalue weighted by Crippen LogP contribution is 2.27. The van der Waals surface area contributed by atoms with E-state index in [0.29, 0.717) is 43.4 Å². The molecule has 10 nitrogen and oxygen atoms in total. The highest BCUT2D eigenvalue weighted by molar-refractivity contribution is 6.30. The van der Waals surface area contributed by atoms with Gasteiger partial charge in [0.25, 0.3) is 5.91 Å². The third kappa shape index (κ3) is 6.95. The summed E-state index contributed by atoms with van der Waals surface area (Å²) in [6.45, 7) is 11.8. The van der Waals surface area contributed by atoms with Crippen molar-refractivity contribution in [3.8, 4) is 0 Å². The predicted octanol–water partition coefficient (Wildman–Crippen LogP) is 3.26. The Morgan fingerprint density at radius 3 is 2.00 bits per heavy atom. The summed E-state index contributed by atoms with van der Waals surface area (Å²) in [6.07, 6.45) is 7.09. The third-order valence-electron chi connectivity index (χ3n) is 9.16. The fraction of sp³-hybridized carbons (Fsp3) is 0.457. The van der Waals surface area contributed by atoms with Crippen LogP contribution in [0.4, 0.5) is 0 Å². The lowest BCUT2D eigenvalue weighted by Crippen LogP contribution is -2.30. The first kappa shape index (κ1) is 33.4. The number of rotatable bonds is 12. The number of carbonyl (C=O) groups is 4. The van der Waals surface area contributed by atoms with Crippen molar-refractivity contribution in [3.63, 3.8) is 0 Å². The Hall–Kier alpha value is -4.47. The first-order valence-corrected chi connectivity index (χ1v) is 15.5. The van der Waals surface area contributed by atoms with Gasteiger partial charge in [-0.25, -0.2) is 4.99 Å². The van der Waals surface area contributed by atoms with Gasteiger partial charge in [0.1, 0.15) is 0 Å². The molecule has 0 aliphatic carbocycles. The van der Waals surface area contributed by atoms with Crippen LogP contribution in [0.2, 0.25) is 0 Å². The average molecular weight is 617 g/mol. The first-order valence-electron chi connectivity index (χ1n) is 15.5. The van der Waals surface area contributed by atoms with Gasteiger partial charge in [0.2, 0.25) is 5.91 Å². The number of aliphatic imine (C=N–C) groups is 1. The van der Waals surface area contributed by atoms with Crippen molar-refractivity contribution in [3.05, 3.63) is 66.6 Å². The summed E-state index contributed by atoms with van der Waals surface area (Å²) in [4.78, 5) is 60.6. The second kappa shape index (κ2) is 14.1. The molecule has 0 spiro atoms. The largest absolute Gasteiger partial charge is 0.469 e. The van der Waals surface area contributed by atoms with Gasteiger partial charge >= 0.3 is 11.9 Å². The van der Waals surface area contributed by atoms with Gasteiger partial charge in [0, 0.05) is 52.5 Å². The Morgan fingerprint density at radius 2 is 1.44 bits per heavy atom. The molecule has 0 unspecified atom stereocenters. The molecule has 4 rings (SSSR count). The number of hydrogen-bond acceptors (Lipinski definition) is 6. The molecular weight excluding hydrogens is 572 g/mol. The minimum atomic E-state index is -0.311. The molecule has 0 saturated heterocycles. The van der Waals surface area contributed by atoms with E-state index < -0.39 is 0 Å². The fourth-order valence-corrected chi connectivity index (χ4v) is 6.30. The van der Waals surface area contributed by atoms with Crippen LogP contribution in [0.3, 0.4) is 0 Å². The van der Waals surface area contributed by atoms with E-state index in [4.69, 9.17) is 9.47 Å². The molecule has 0 bridgehead atoms. The normalized spacial score (nSPS) is 17.5. The zero-order valence-corrected chi connectivity index (χ0v) is 27.6. The van der Waals surface area contributed by atoms with Crippen LogP contribution in [0.5, 0.6) is 0 Å². The number of hydrogen-bond donors (Lipinski definition) is 3. The van der Waals surface area contributed by atoms with Gasteiger partial charge in [0.05, 0.1) is 26.0 Å². The van der Waals surface area contributed by atoms with Crippen LogP contribution in [0.15, 0.2) is 27.3 Å². The Labute approximate surface area is 263 Å². The Bertz CT molecular complexity index is 1760. The van der Waals surface area contributed by atoms with Gasteiger partial charge in [-0.15, -0.1) is 0 Å². The summed E-state index contributed by atoms with van der Waals surface area (Å²) >= 11 is 0. The number of allylic oxidation sites excluding steroid dienone is 1. The lowest BCUT2D eigenvalue weighted by atomic mass is 9.98. The van der Waals surface area contributed by atoms with E-state index in [1.54, 1.807) is 0 Å². The standard InChI is InChI=1S/C35H44N4O6/c1-9-22-18(3)28(38-34(22)42)15-26-20(5)24(11-13-32(40)44-7)30(36-26)17-31-25(12-14-33(41)45-8)21(6)27(37-31)16-29-19(4)23(10-2)35(43)39-29/h15,17,29,36-37H,9-14,16H2,1-8H3,(H,39,43)/t29-/m1/s1. The van der Waals surface area contributed by atoms with Crippen LogP contribution in [0.25, 0.3) is 12.2 Å². The SMILES string of the molecule is CCC1=C(C)C(C=c2[nH]c(=Cc3[nH]c(C[C@H]4NC(=O)C(CC)=C4C)c(C)c3CCC(=O)OC)c(CCC(=O)OC)c2C)=NC1=O. The molecule has 2 aromatic heterocycles. The zero-order chi connectivity index (χ0) is 33.0. The minimum Gasteiger partial charge on any atom is -0.469 e. The van der Waals surface area contributed by atoms with Gasteiger partial charge in [0.15, 0.2) is 0 Å². The molecule has 45 heavy (non-hydrogen) atoms. The van der Waals surface area contributed by atoms with Crippen molar-refractivity contribution in [1.29, 1.82) is 0 Å². The summed E-state index contributed by atoms with van der Waals surface area (Å²) in [5.74, 6) is -0.838. The van der Waals surface area contributed by atoms with Gasteiger partial charge in [-0.1, -0.05) is 13.8 Å². The maximum atomic E-state index is 12.5. The molecule has 0 aromatic carbocycles. The number of aromatic nitrogens is 2. The number of amides is 2. The fourth-order valence-electron chi connectivity index (χ4n) is 6.30. The number of esters is 2. The summed E-state index contributed by atoms with van der Waals surface area (Å²) in [5.41, 5.74) is 9.76. The van der Waals surface area contributed by atoms with Crippen molar-refractivity contribution in [2.75, 3.05) is 14.2 Å². The molecule has 4 heterocycles. The monoisotopic (exact) mass is 616 g/mol.